The van der Waals surface area contributed by atoms with Gasteiger partial charge >= 0.3 is 0 Å². The molecule has 0 aliphatic heterocycles. The van der Waals surface area contributed by atoms with Crippen molar-refractivity contribution in [3.8, 4) is 0 Å². The number of hydrogen-bond donors (Lipinski definition) is 2. The molecule has 1 aliphatic rings. The van der Waals surface area contributed by atoms with Gasteiger partial charge in [0.05, 0.1) is 0 Å². The van der Waals surface area contributed by atoms with Crippen LogP contribution in [0.1, 0.15) is 55.5 Å². The Morgan fingerprint density at radius 1 is 1.32 bits per heavy atom. The zero-order valence-electron chi connectivity index (χ0n) is 12.0. The maximum Gasteiger partial charge on any atom is 0.0491 e. The normalized spacial score (nSPS) is 18.3. The molecule has 1 atom stereocenters. The van der Waals surface area contributed by atoms with Crippen molar-refractivity contribution in [1.29, 1.82) is 0 Å². The molecule has 0 spiro atoms. The minimum absolute atomic E-state index is 0.198. The van der Waals surface area contributed by atoms with Crippen LogP contribution in [0.4, 0.5) is 0 Å². The fourth-order valence-electron chi connectivity index (χ4n) is 3.71. The molecule has 1 aliphatic carbocycles. The smallest absolute Gasteiger partial charge is 0.0491 e. The first-order valence-electron chi connectivity index (χ1n) is 7.58. The van der Waals surface area contributed by atoms with E-state index >= 15 is 0 Å². The van der Waals surface area contributed by atoms with Gasteiger partial charge in [-0.25, -0.2) is 0 Å². The van der Waals surface area contributed by atoms with Crippen LogP contribution in [0.3, 0.4) is 0 Å². The van der Waals surface area contributed by atoms with E-state index in [2.05, 4.69) is 37.0 Å². The van der Waals surface area contributed by atoms with Crippen LogP contribution in [0.2, 0.25) is 0 Å². The van der Waals surface area contributed by atoms with E-state index in [-0.39, 0.29) is 6.04 Å². The van der Waals surface area contributed by atoms with Crippen LogP contribution < -0.4 is 5.73 Å². The van der Waals surface area contributed by atoms with Crippen LogP contribution in [-0.2, 0) is 6.42 Å². The van der Waals surface area contributed by atoms with Crippen molar-refractivity contribution in [2.45, 2.75) is 52.0 Å². The summed E-state index contributed by atoms with van der Waals surface area (Å²) in [5, 5.41) is 1.34. The Labute approximate surface area is 115 Å². The molecule has 3 rings (SSSR count). The molecule has 1 unspecified atom stereocenters. The number of benzene rings is 1. The van der Waals surface area contributed by atoms with Gasteiger partial charge < -0.3 is 10.7 Å². The first-order valence-corrected chi connectivity index (χ1v) is 7.58. The molecule has 2 heteroatoms. The van der Waals surface area contributed by atoms with Crippen LogP contribution >= 0.6 is 0 Å². The Hall–Kier alpha value is -1.28. The molecule has 3 N–H and O–H groups in total. The number of nitrogens with one attached hydrogen (secondary N) is 1. The Morgan fingerprint density at radius 3 is 2.74 bits per heavy atom. The molecule has 2 aromatic rings. The molecule has 1 fully saturated rings. The van der Waals surface area contributed by atoms with Crippen LogP contribution in [0.15, 0.2) is 18.2 Å². The second-order valence-electron chi connectivity index (χ2n) is 5.93. The van der Waals surface area contributed by atoms with Gasteiger partial charge in [-0.2, -0.15) is 0 Å². The van der Waals surface area contributed by atoms with E-state index in [1.54, 1.807) is 0 Å². The van der Waals surface area contributed by atoms with Gasteiger partial charge in [-0.1, -0.05) is 38.0 Å². The number of aryl methyl sites for hydroxylation is 2. The zero-order valence-corrected chi connectivity index (χ0v) is 12.0. The fourth-order valence-corrected chi connectivity index (χ4v) is 3.71. The lowest BCUT2D eigenvalue weighted by atomic mass is 9.90. The molecule has 102 valence electrons. The lowest BCUT2D eigenvalue weighted by Gasteiger charge is -2.19. The van der Waals surface area contributed by atoms with Crippen LogP contribution in [0, 0.1) is 12.8 Å². The highest BCUT2D eigenvalue weighted by Crippen LogP contribution is 2.38. The number of aromatic amines is 1. The summed E-state index contributed by atoms with van der Waals surface area (Å²) in [6, 6.07) is 6.80. The maximum absolute atomic E-state index is 6.58. The average Bonchev–Trinajstić information content (AvgIpc) is 3.04. The highest BCUT2D eigenvalue weighted by atomic mass is 14.8. The lowest BCUT2D eigenvalue weighted by molar-refractivity contribution is 0.445. The van der Waals surface area contributed by atoms with Gasteiger partial charge in [0.15, 0.2) is 0 Å². The van der Waals surface area contributed by atoms with Gasteiger partial charge in [0, 0.05) is 22.6 Å². The minimum Gasteiger partial charge on any atom is -0.358 e. The summed E-state index contributed by atoms with van der Waals surface area (Å²) in [5.41, 5.74) is 11.9. The molecule has 1 aromatic carbocycles. The third-order valence-corrected chi connectivity index (χ3v) is 4.78. The molecule has 19 heavy (non-hydrogen) atoms. The van der Waals surface area contributed by atoms with Crippen molar-refractivity contribution in [3.05, 3.63) is 35.0 Å². The second-order valence-corrected chi connectivity index (χ2v) is 5.93. The molecular formula is C17H24N2. The van der Waals surface area contributed by atoms with Crippen molar-refractivity contribution in [2.75, 3.05) is 0 Å². The van der Waals surface area contributed by atoms with Gasteiger partial charge in [0.25, 0.3) is 0 Å². The SMILES string of the molecule is CCc1cccc2c(C(N)C3CCCC3)c(C)[nH]c12. The van der Waals surface area contributed by atoms with Gasteiger partial charge in [0.1, 0.15) is 0 Å². The predicted octanol–water partition coefficient (Wildman–Crippen LogP) is 4.23. The molecule has 0 radical (unpaired) electrons. The topological polar surface area (TPSA) is 41.8 Å². The molecule has 0 saturated heterocycles. The Kier molecular flexibility index (Phi) is 3.36. The Balaban J connectivity index is 2.09. The molecule has 1 heterocycles. The molecule has 2 nitrogen and oxygen atoms in total. The van der Waals surface area contributed by atoms with Crippen molar-refractivity contribution in [1.82, 2.24) is 4.98 Å². The molecule has 1 aromatic heterocycles. The summed E-state index contributed by atoms with van der Waals surface area (Å²) < 4.78 is 0. The summed E-state index contributed by atoms with van der Waals surface area (Å²) in [7, 11) is 0. The summed E-state index contributed by atoms with van der Waals surface area (Å²) in [6.45, 7) is 4.38. The first-order chi connectivity index (χ1) is 9.22. The maximum atomic E-state index is 6.58. The number of hydrogen-bond acceptors (Lipinski definition) is 1. The Bertz CT molecular complexity index is 576. The highest BCUT2D eigenvalue weighted by molar-refractivity contribution is 5.87. The summed E-state index contributed by atoms with van der Waals surface area (Å²) in [5.74, 6) is 0.669. The summed E-state index contributed by atoms with van der Waals surface area (Å²) in [6.07, 6.45) is 6.34. The molecular weight excluding hydrogens is 232 g/mol. The number of aromatic nitrogens is 1. The van der Waals surface area contributed by atoms with Gasteiger partial charge in [-0.15, -0.1) is 0 Å². The van der Waals surface area contributed by atoms with Crippen molar-refractivity contribution >= 4 is 10.9 Å². The summed E-state index contributed by atoms with van der Waals surface area (Å²) >= 11 is 0. The van der Waals surface area contributed by atoms with Crippen molar-refractivity contribution in [3.63, 3.8) is 0 Å². The van der Waals surface area contributed by atoms with Crippen LogP contribution in [-0.4, -0.2) is 4.98 Å². The number of para-hydroxylation sites is 1. The Morgan fingerprint density at radius 2 is 2.05 bits per heavy atom. The van der Waals surface area contributed by atoms with Crippen molar-refractivity contribution in [2.24, 2.45) is 11.7 Å². The molecule has 0 bridgehead atoms. The van der Waals surface area contributed by atoms with E-state index in [4.69, 9.17) is 5.73 Å². The van der Waals surface area contributed by atoms with Gasteiger partial charge in [0.2, 0.25) is 0 Å². The summed E-state index contributed by atoms with van der Waals surface area (Å²) in [4.78, 5) is 3.57. The van der Waals surface area contributed by atoms with Gasteiger partial charge in [-0.3, -0.25) is 0 Å². The standard InChI is InChI=1S/C17H24N2/c1-3-12-9-6-10-14-15(11(2)19-17(12)14)16(18)13-7-4-5-8-13/h6,9-10,13,16,19H,3-5,7-8,18H2,1-2H3. The average molecular weight is 256 g/mol. The van der Waals surface area contributed by atoms with E-state index in [0.29, 0.717) is 5.92 Å². The van der Waals surface area contributed by atoms with E-state index < -0.39 is 0 Å². The number of H-pyrrole nitrogens is 1. The third kappa shape index (κ3) is 2.08. The van der Waals surface area contributed by atoms with Gasteiger partial charge in [-0.05, 0) is 43.2 Å². The predicted molar refractivity (Wildman–Crippen MR) is 81.3 cm³/mol. The van der Waals surface area contributed by atoms with E-state index in [1.165, 1.54) is 53.4 Å². The van der Waals surface area contributed by atoms with E-state index in [1.807, 2.05) is 0 Å². The molecule has 1 saturated carbocycles. The zero-order chi connectivity index (χ0) is 13.4. The minimum atomic E-state index is 0.198. The van der Waals surface area contributed by atoms with Crippen LogP contribution in [0.25, 0.3) is 10.9 Å². The second kappa shape index (κ2) is 5.01. The fraction of sp³-hybridized carbons (Fsp3) is 0.529. The number of fused-ring (bicyclic) bond motifs is 1. The van der Waals surface area contributed by atoms with Crippen LogP contribution in [0.5, 0.6) is 0 Å². The first kappa shape index (κ1) is 12.7. The number of nitrogens with two attached hydrogens (primary N) is 1. The van der Waals surface area contributed by atoms with E-state index in [9.17, 15) is 0 Å². The van der Waals surface area contributed by atoms with Crippen molar-refractivity contribution < 1.29 is 0 Å². The molecule has 0 amide bonds. The third-order valence-electron chi connectivity index (χ3n) is 4.78. The highest BCUT2D eigenvalue weighted by Gasteiger charge is 2.26. The monoisotopic (exact) mass is 256 g/mol. The lowest BCUT2D eigenvalue weighted by Crippen LogP contribution is -2.19. The van der Waals surface area contributed by atoms with E-state index in [0.717, 1.165) is 6.42 Å². The quantitative estimate of drug-likeness (QED) is 0.848. The number of rotatable bonds is 3. The largest absolute Gasteiger partial charge is 0.358 e.